The maximum Gasteiger partial charge on any atom is 0.223 e. The number of nitrogens with zero attached hydrogens (tertiary/aromatic N) is 3. The van der Waals surface area contributed by atoms with Crippen LogP contribution >= 0.6 is 0 Å². The molecule has 0 spiro atoms. The molecule has 1 aliphatic rings. The Morgan fingerprint density at radius 2 is 1.86 bits per heavy atom. The van der Waals surface area contributed by atoms with Crippen LogP contribution in [0.25, 0.3) is 11.4 Å². The largest absolute Gasteiger partial charge is 0.368 e. The van der Waals surface area contributed by atoms with Crippen molar-refractivity contribution < 1.29 is 4.39 Å². The summed E-state index contributed by atoms with van der Waals surface area (Å²) in [7, 11) is 0. The Morgan fingerprint density at radius 1 is 1.10 bits per heavy atom. The molecule has 0 saturated heterocycles. The first-order valence-electron chi connectivity index (χ1n) is 7.41. The Morgan fingerprint density at radius 3 is 2.57 bits per heavy atom. The molecule has 110 valence electrons. The minimum absolute atomic E-state index is 0.240. The summed E-state index contributed by atoms with van der Waals surface area (Å²) in [5.74, 6) is 1.67. The maximum absolute atomic E-state index is 13.2. The zero-order valence-corrected chi connectivity index (χ0v) is 12.1. The lowest BCUT2D eigenvalue weighted by Gasteiger charge is -2.20. The predicted molar refractivity (Wildman–Crippen MR) is 80.2 cm³/mol. The summed E-state index contributed by atoms with van der Waals surface area (Å²) in [5, 5.41) is 0. The lowest BCUT2D eigenvalue weighted by molar-refractivity contribution is 0.428. The monoisotopic (exact) mass is 286 g/mol. The number of nitrogens with two attached hydrogens (primary N) is 1. The first kappa shape index (κ1) is 13.9. The van der Waals surface area contributed by atoms with E-state index in [1.165, 1.54) is 31.4 Å². The van der Waals surface area contributed by atoms with E-state index < -0.39 is 0 Å². The van der Waals surface area contributed by atoms with Gasteiger partial charge in [0.1, 0.15) is 11.6 Å². The molecule has 2 N–H and O–H groups in total. The number of anilines is 1. The van der Waals surface area contributed by atoms with Crippen LogP contribution in [0.4, 0.5) is 10.3 Å². The Kier molecular flexibility index (Phi) is 3.82. The minimum Gasteiger partial charge on any atom is -0.368 e. The quantitative estimate of drug-likeness (QED) is 0.915. The van der Waals surface area contributed by atoms with Crippen molar-refractivity contribution in [2.24, 2.45) is 0 Å². The Hall–Kier alpha value is -2.04. The molecule has 0 unspecified atom stereocenters. The zero-order chi connectivity index (χ0) is 14.8. The highest BCUT2D eigenvalue weighted by Gasteiger charge is 2.20. The highest BCUT2D eigenvalue weighted by Crippen LogP contribution is 2.32. The van der Waals surface area contributed by atoms with E-state index in [2.05, 4.69) is 15.0 Å². The van der Waals surface area contributed by atoms with Gasteiger partial charge in [-0.3, -0.25) is 0 Å². The van der Waals surface area contributed by atoms with E-state index in [9.17, 15) is 4.39 Å². The van der Waals surface area contributed by atoms with E-state index >= 15 is 0 Å². The fourth-order valence-electron chi connectivity index (χ4n) is 2.95. The SMILES string of the molecule is Cc1cc(F)ccc1-c1nc(N)nc(C2CCCCC2)n1. The zero-order valence-electron chi connectivity index (χ0n) is 12.1. The summed E-state index contributed by atoms with van der Waals surface area (Å²) in [6.07, 6.45) is 5.90. The second-order valence-corrected chi connectivity index (χ2v) is 5.67. The Balaban J connectivity index is 2.00. The average Bonchev–Trinajstić information content (AvgIpc) is 2.47. The van der Waals surface area contributed by atoms with Gasteiger partial charge in [0.15, 0.2) is 5.82 Å². The second-order valence-electron chi connectivity index (χ2n) is 5.67. The third kappa shape index (κ3) is 3.01. The van der Waals surface area contributed by atoms with Crippen molar-refractivity contribution in [3.8, 4) is 11.4 Å². The molecule has 1 saturated carbocycles. The van der Waals surface area contributed by atoms with E-state index in [1.54, 1.807) is 6.07 Å². The van der Waals surface area contributed by atoms with Crippen molar-refractivity contribution in [2.75, 3.05) is 5.73 Å². The molecule has 0 radical (unpaired) electrons. The lowest BCUT2D eigenvalue weighted by atomic mass is 9.88. The summed E-state index contributed by atoms with van der Waals surface area (Å²) in [6, 6.07) is 4.60. The van der Waals surface area contributed by atoms with Crippen molar-refractivity contribution in [1.29, 1.82) is 0 Å². The molecule has 1 aromatic carbocycles. The van der Waals surface area contributed by atoms with Crippen molar-refractivity contribution in [3.63, 3.8) is 0 Å². The van der Waals surface area contributed by atoms with Crippen LogP contribution in [0.3, 0.4) is 0 Å². The van der Waals surface area contributed by atoms with E-state index in [-0.39, 0.29) is 11.8 Å². The molecule has 1 heterocycles. The molecule has 1 aromatic heterocycles. The van der Waals surface area contributed by atoms with Gasteiger partial charge in [-0.1, -0.05) is 19.3 Å². The predicted octanol–water partition coefficient (Wildman–Crippen LogP) is 3.62. The summed E-state index contributed by atoms with van der Waals surface area (Å²) >= 11 is 0. The first-order chi connectivity index (χ1) is 10.1. The van der Waals surface area contributed by atoms with Gasteiger partial charge in [-0.25, -0.2) is 9.37 Å². The van der Waals surface area contributed by atoms with Gasteiger partial charge in [0.25, 0.3) is 0 Å². The van der Waals surface area contributed by atoms with Crippen LogP contribution in [0, 0.1) is 12.7 Å². The van der Waals surface area contributed by atoms with Crippen molar-refractivity contribution in [1.82, 2.24) is 15.0 Å². The molecule has 0 atom stereocenters. The van der Waals surface area contributed by atoms with Crippen molar-refractivity contribution >= 4 is 5.95 Å². The summed E-state index contributed by atoms with van der Waals surface area (Å²) < 4.78 is 13.2. The van der Waals surface area contributed by atoms with Gasteiger partial charge in [-0.2, -0.15) is 9.97 Å². The van der Waals surface area contributed by atoms with Crippen LogP contribution < -0.4 is 5.73 Å². The molecule has 2 aromatic rings. The molecule has 0 aliphatic heterocycles. The number of hydrogen-bond donors (Lipinski definition) is 1. The van der Waals surface area contributed by atoms with Crippen LogP contribution in [0.5, 0.6) is 0 Å². The smallest absolute Gasteiger partial charge is 0.223 e. The third-order valence-corrected chi connectivity index (χ3v) is 4.07. The van der Waals surface area contributed by atoms with Crippen molar-refractivity contribution in [3.05, 3.63) is 35.4 Å². The number of aromatic nitrogens is 3. The summed E-state index contributed by atoms with van der Waals surface area (Å²) in [5.41, 5.74) is 7.46. The second kappa shape index (κ2) is 5.76. The normalized spacial score (nSPS) is 16.1. The maximum atomic E-state index is 13.2. The minimum atomic E-state index is -0.259. The molecule has 0 amide bonds. The van der Waals surface area contributed by atoms with Gasteiger partial charge in [0.2, 0.25) is 5.95 Å². The van der Waals surface area contributed by atoms with E-state index in [0.717, 1.165) is 29.8 Å². The van der Waals surface area contributed by atoms with Crippen molar-refractivity contribution in [2.45, 2.75) is 44.9 Å². The molecular formula is C16H19FN4. The Labute approximate surface area is 123 Å². The number of aryl methyl sites for hydroxylation is 1. The standard InChI is InChI=1S/C16H19FN4/c1-10-9-12(17)7-8-13(10)15-19-14(20-16(18)21-15)11-5-3-2-4-6-11/h7-9,11H,2-6H2,1H3,(H2,18,19,20,21). The van der Waals surface area contributed by atoms with Gasteiger partial charge in [-0.05, 0) is 43.5 Å². The number of halogens is 1. The van der Waals surface area contributed by atoms with Crippen LogP contribution in [-0.2, 0) is 0 Å². The molecule has 1 aliphatic carbocycles. The molecule has 0 bridgehead atoms. The molecule has 3 rings (SSSR count). The van der Waals surface area contributed by atoms with Crippen LogP contribution in [0.2, 0.25) is 0 Å². The van der Waals surface area contributed by atoms with Gasteiger partial charge in [-0.15, -0.1) is 0 Å². The van der Waals surface area contributed by atoms with Crippen LogP contribution in [0.1, 0.15) is 49.4 Å². The fourth-order valence-corrected chi connectivity index (χ4v) is 2.95. The number of rotatable bonds is 2. The fraction of sp³-hybridized carbons (Fsp3) is 0.438. The van der Waals surface area contributed by atoms with E-state index in [0.29, 0.717) is 11.7 Å². The van der Waals surface area contributed by atoms with Gasteiger partial charge in [0, 0.05) is 11.5 Å². The number of hydrogen-bond acceptors (Lipinski definition) is 4. The van der Waals surface area contributed by atoms with Gasteiger partial charge < -0.3 is 5.73 Å². The summed E-state index contributed by atoms with van der Waals surface area (Å²) in [4.78, 5) is 13.1. The highest BCUT2D eigenvalue weighted by molar-refractivity contribution is 5.60. The first-order valence-corrected chi connectivity index (χ1v) is 7.41. The number of nitrogen functional groups attached to an aromatic ring is 1. The molecule has 4 nitrogen and oxygen atoms in total. The topological polar surface area (TPSA) is 64.7 Å². The molecule has 1 fully saturated rings. The van der Waals surface area contributed by atoms with Gasteiger partial charge >= 0.3 is 0 Å². The molecular weight excluding hydrogens is 267 g/mol. The third-order valence-electron chi connectivity index (χ3n) is 4.07. The van der Waals surface area contributed by atoms with Gasteiger partial charge in [0.05, 0.1) is 0 Å². The lowest BCUT2D eigenvalue weighted by Crippen LogP contribution is -2.12. The Bertz CT molecular complexity index is 651. The summed E-state index contributed by atoms with van der Waals surface area (Å²) in [6.45, 7) is 1.85. The van der Waals surface area contributed by atoms with E-state index in [4.69, 9.17) is 5.73 Å². The highest BCUT2D eigenvalue weighted by atomic mass is 19.1. The number of benzene rings is 1. The van der Waals surface area contributed by atoms with E-state index in [1.807, 2.05) is 6.92 Å². The van der Waals surface area contributed by atoms with Crippen LogP contribution in [-0.4, -0.2) is 15.0 Å². The molecule has 5 heteroatoms. The molecule has 21 heavy (non-hydrogen) atoms. The average molecular weight is 286 g/mol. The van der Waals surface area contributed by atoms with Crippen LogP contribution in [0.15, 0.2) is 18.2 Å².